The second-order valence-electron chi connectivity index (χ2n) is 6.37. The average Bonchev–Trinajstić information content (AvgIpc) is 3.20. The van der Waals surface area contributed by atoms with Gasteiger partial charge in [0, 0.05) is 44.0 Å². The van der Waals surface area contributed by atoms with Crippen LogP contribution in [0, 0.1) is 0 Å². The Hall–Kier alpha value is -3.48. The summed E-state index contributed by atoms with van der Waals surface area (Å²) in [5.74, 6) is 2.06. The predicted octanol–water partition coefficient (Wildman–Crippen LogP) is 2.93. The van der Waals surface area contributed by atoms with E-state index < -0.39 is 0 Å². The molecule has 3 aromatic rings. The van der Waals surface area contributed by atoms with Crippen LogP contribution >= 0.6 is 0 Å². The summed E-state index contributed by atoms with van der Waals surface area (Å²) in [6.45, 7) is 1.19. The fourth-order valence-electron chi connectivity index (χ4n) is 3.08. The van der Waals surface area contributed by atoms with Crippen LogP contribution in [0.25, 0.3) is 0 Å². The zero-order valence-corrected chi connectivity index (χ0v) is 16.8. The number of hydrogen-bond acceptors (Lipinski definition) is 5. The molecule has 0 aliphatic rings. The van der Waals surface area contributed by atoms with Gasteiger partial charge >= 0.3 is 0 Å². The van der Waals surface area contributed by atoms with Crippen molar-refractivity contribution in [2.24, 2.45) is 0 Å². The lowest BCUT2D eigenvalue weighted by Gasteiger charge is -2.14. The Morgan fingerprint density at radius 2 is 1.69 bits per heavy atom. The summed E-state index contributed by atoms with van der Waals surface area (Å²) in [7, 11) is 4.57. The number of ether oxygens (including phenoxy) is 3. The molecule has 0 aliphatic heterocycles. The predicted molar refractivity (Wildman–Crippen MR) is 110 cm³/mol. The van der Waals surface area contributed by atoms with Gasteiger partial charge in [0.05, 0.1) is 26.9 Å². The van der Waals surface area contributed by atoms with Crippen molar-refractivity contribution in [1.82, 2.24) is 14.9 Å². The fourth-order valence-corrected chi connectivity index (χ4v) is 3.08. The third-order valence-electron chi connectivity index (χ3n) is 4.58. The van der Waals surface area contributed by atoms with E-state index in [4.69, 9.17) is 14.2 Å². The number of benzene rings is 2. The molecular formula is C22H25N3O4. The zero-order valence-electron chi connectivity index (χ0n) is 16.8. The van der Waals surface area contributed by atoms with Crippen molar-refractivity contribution in [3.05, 3.63) is 71.8 Å². The van der Waals surface area contributed by atoms with Gasteiger partial charge in [0.25, 0.3) is 5.91 Å². The highest BCUT2D eigenvalue weighted by atomic mass is 16.5. The molecule has 0 saturated carbocycles. The van der Waals surface area contributed by atoms with Crippen LogP contribution in [0.3, 0.4) is 0 Å². The minimum atomic E-state index is -0.246. The first kappa shape index (κ1) is 20.3. The van der Waals surface area contributed by atoms with Gasteiger partial charge in [-0.2, -0.15) is 0 Å². The zero-order chi connectivity index (χ0) is 20.6. The largest absolute Gasteiger partial charge is 0.496 e. The lowest BCUT2D eigenvalue weighted by Crippen LogP contribution is -2.27. The van der Waals surface area contributed by atoms with Crippen LogP contribution in [0.5, 0.6) is 17.2 Å². The molecule has 1 N–H and O–H groups in total. The number of imidazole rings is 1. The van der Waals surface area contributed by atoms with Gasteiger partial charge in [0.1, 0.15) is 11.6 Å². The lowest BCUT2D eigenvalue weighted by atomic mass is 10.1. The maximum atomic E-state index is 12.7. The quantitative estimate of drug-likeness (QED) is 0.603. The second-order valence-corrected chi connectivity index (χ2v) is 6.37. The molecule has 0 fully saturated rings. The minimum absolute atomic E-state index is 0.246. The molecule has 7 heteroatoms. The van der Waals surface area contributed by atoms with Gasteiger partial charge in [0.15, 0.2) is 11.5 Å². The van der Waals surface area contributed by atoms with Crippen LogP contribution in [0.1, 0.15) is 21.7 Å². The smallest absolute Gasteiger partial charge is 0.255 e. The maximum absolute atomic E-state index is 12.7. The summed E-state index contributed by atoms with van der Waals surface area (Å²) in [6.07, 6.45) is 4.33. The molecule has 0 aliphatic carbocycles. The first-order valence-corrected chi connectivity index (χ1v) is 9.28. The van der Waals surface area contributed by atoms with Crippen LogP contribution in [0.15, 0.2) is 54.9 Å². The molecule has 0 unspecified atom stereocenters. The number of carbonyl (C=O) groups excluding carboxylic acids is 1. The SMILES string of the molecule is COc1cc(OC)c(C(=O)NCCc2nccn2Cc2ccccc2)cc1OC. The Labute approximate surface area is 170 Å². The van der Waals surface area contributed by atoms with Crippen molar-refractivity contribution in [3.63, 3.8) is 0 Å². The third-order valence-corrected chi connectivity index (χ3v) is 4.58. The van der Waals surface area contributed by atoms with Crippen molar-refractivity contribution < 1.29 is 19.0 Å². The first-order valence-electron chi connectivity index (χ1n) is 9.28. The maximum Gasteiger partial charge on any atom is 0.255 e. The Bertz CT molecular complexity index is 954. The van der Waals surface area contributed by atoms with Gasteiger partial charge in [-0.3, -0.25) is 4.79 Å². The number of hydrogen-bond donors (Lipinski definition) is 1. The van der Waals surface area contributed by atoms with Crippen molar-refractivity contribution >= 4 is 5.91 Å². The van der Waals surface area contributed by atoms with Crippen LogP contribution in [-0.2, 0) is 13.0 Å². The summed E-state index contributed by atoms with van der Waals surface area (Å²) in [5, 5.41) is 2.92. The Morgan fingerprint density at radius 3 is 2.38 bits per heavy atom. The van der Waals surface area contributed by atoms with Crippen LogP contribution in [0.2, 0.25) is 0 Å². The number of rotatable bonds is 9. The molecule has 152 valence electrons. The highest BCUT2D eigenvalue weighted by Crippen LogP contribution is 2.34. The van der Waals surface area contributed by atoms with Crippen molar-refractivity contribution in [3.8, 4) is 17.2 Å². The fraction of sp³-hybridized carbons (Fsp3) is 0.273. The average molecular weight is 395 g/mol. The molecule has 0 radical (unpaired) electrons. The van der Waals surface area contributed by atoms with E-state index in [0.717, 1.165) is 12.4 Å². The molecule has 1 heterocycles. The normalized spacial score (nSPS) is 10.4. The monoisotopic (exact) mass is 395 g/mol. The molecule has 1 amide bonds. The van der Waals surface area contributed by atoms with Crippen molar-refractivity contribution in [1.29, 1.82) is 0 Å². The van der Waals surface area contributed by atoms with E-state index in [9.17, 15) is 4.79 Å². The van der Waals surface area contributed by atoms with Crippen molar-refractivity contribution in [2.45, 2.75) is 13.0 Å². The Kier molecular flexibility index (Phi) is 6.73. The first-order chi connectivity index (χ1) is 14.2. The number of aromatic nitrogens is 2. The molecule has 3 rings (SSSR count). The van der Waals surface area contributed by atoms with E-state index in [2.05, 4.69) is 27.0 Å². The molecule has 2 aromatic carbocycles. The van der Waals surface area contributed by atoms with E-state index in [1.165, 1.54) is 26.9 Å². The highest BCUT2D eigenvalue weighted by Gasteiger charge is 2.17. The molecule has 0 atom stereocenters. The molecule has 29 heavy (non-hydrogen) atoms. The van der Waals surface area contributed by atoms with E-state index in [1.807, 2.05) is 24.4 Å². The van der Waals surface area contributed by atoms with Crippen molar-refractivity contribution in [2.75, 3.05) is 27.9 Å². The lowest BCUT2D eigenvalue weighted by molar-refractivity contribution is 0.0950. The third kappa shape index (κ3) is 4.87. The molecule has 0 bridgehead atoms. The summed E-state index contributed by atoms with van der Waals surface area (Å²) < 4.78 is 18.0. The van der Waals surface area contributed by atoms with E-state index >= 15 is 0 Å². The van der Waals surface area contributed by atoms with E-state index in [-0.39, 0.29) is 5.91 Å². The van der Waals surface area contributed by atoms with E-state index in [1.54, 1.807) is 18.3 Å². The standard InChI is InChI=1S/C22H25N3O4/c1-27-18-14-20(29-3)19(28-2)13-17(18)22(26)24-10-9-21-23-11-12-25(21)15-16-7-5-4-6-8-16/h4-8,11-14H,9-10,15H2,1-3H3,(H,24,26). The van der Waals surface area contributed by atoms with Gasteiger partial charge in [-0.1, -0.05) is 30.3 Å². The number of amides is 1. The molecule has 1 aromatic heterocycles. The minimum Gasteiger partial charge on any atom is -0.496 e. The Morgan fingerprint density at radius 1 is 1.00 bits per heavy atom. The highest BCUT2D eigenvalue weighted by molar-refractivity contribution is 5.97. The van der Waals surface area contributed by atoms with Gasteiger partial charge in [-0.15, -0.1) is 0 Å². The summed E-state index contributed by atoms with van der Waals surface area (Å²) in [4.78, 5) is 17.1. The van der Waals surface area contributed by atoms with Crippen LogP contribution in [-0.4, -0.2) is 43.3 Å². The Balaban J connectivity index is 1.64. The molecular weight excluding hydrogens is 370 g/mol. The van der Waals surface area contributed by atoms with Gasteiger partial charge < -0.3 is 24.1 Å². The number of nitrogens with zero attached hydrogens (tertiary/aromatic N) is 2. The summed E-state index contributed by atoms with van der Waals surface area (Å²) in [6, 6.07) is 13.4. The summed E-state index contributed by atoms with van der Waals surface area (Å²) >= 11 is 0. The molecule has 7 nitrogen and oxygen atoms in total. The van der Waals surface area contributed by atoms with Crippen LogP contribution in [0.4, 0.5) is 0 Å². The van der Waals surface area contributed by atoms with E-state index in [0.29, 0.717) is 35.8 Å². The van der Waals surface area contributed by atoms with Gasteiger partial charge in [-0.25, -0.2) is 4.98 Å². The number of nitrogens with one attached hydrogen (secondary N) is 1. The second kappa shape index (κ2) is 9.64. The van der Waals surface area contributed by atoms with Gasteiger partial charge in [-0.05, 0) is 5.56 Å². The van der Waals surface area contributed by atoms with Crippen LogP contribution < -0.4 is 19.5 Å². The molecule has 0 saturated heterocycles. The topological polar surface area (TPSA) is 74.6 Å². The number of methoxy groups -OCH3 is 3. The molecule has 0 spiro atoms. The number of carbonyl (C=O) groups is 1. The van der Waals surface area contributed by atoms with Gasteiger partial charge in [0.2, 0.25) is 0 Å². The summed E-state index contributed by atoms with van der Waals surface area (Å²) in [5.41, 5.74) is 1.59.